The summed E-state index contributed by atoms with van der Waals surface area (Å²) in [6, 6.07) is 24.8. The average Bonchev–Trinajstić information content (AvgIpc) is 3.33. The molecule has 4 aromatic rings. The SMILES string of the molecule is CCC(=O)Nc1ccc(C(C)NC(=O)c2cn(Cc3ccccc3)nc2-c2ccc(OC)cc2)cc1. The van der Waals surface area contributed by atoms with E-state index in [4.69, 9.17) is 9.84 Å². The highest BCUT2D eigenvalue weighted by molar-refractivity contribution is 6.00. The van der Waals surface area contributed by atoms with E-state index in [1.54, 1.807) is 18.0 Å². The second kappa shape index (κ2) is 11.4. The van der Waals surface area contributed by atoms with Crippen LogP contribution in [-0.4, -0.2) is 28.7 Å². The minimum absolute atomic E-state index is 0.0392. The third kappa shape index (κ3) is 5.99. The van der Waals surface area contributed by atoms with Crippen LogP contribution in [0.3, 0.4) is 0 Å². The van der Waals surface area contributed by atoms with E-state index >= 15 is 0 Å². The molecular weight excluding hydrogens is 452 g/mol. The van der Waals surface area contributed by atoms with Gasteiger partial charge in [-0.25, -0.2) is 0 Å². The first-order chi connectivity index (χ1) is 17.5. The molecular formula is C29H30N4O3. The number of aromatic nitrogens is 2. The molecule has 0 aliphatic carbocycles. The lowest BCUT2D eigenvalue weighted by Crippen LogP contribution is -2.26. The fourth-order valence-electron chi connectivity index (χ4n) is 3.86. The van der Waals surface area contributed by atoms with Crippen LogP contribution < -0.4 is 15.4 Å². The quantitative estimate of drug-likeness (QED) is 0.332. The van der Waals surface area contributed by atoms with Gasteiger partial charge in [0, 0.05) is 23.9 Å². The molecule has 36 heavy (non-hydrogen) atoms. The smallest absolute Gasteiger partial charge is 0.255 e. The summed E-state index contributed by atoms with van der Waals surface area (Å²) in [4.78, 5) is 25.0. The van der Waals surface area contributed by atoms with E-state index in [-0.39, 0.29) is 17.9 Å². The second-order valence-corrected chi connectivity index (χ2v) is 8.52. The molecule has 7 heteroatoms. The van der Waals surface area contributed by atoms with Gasteiger partial charge in [-0.2, -0.15) is 5.10 Å². The summed E-state index contributed by atoms with van der Waals surface area (Å²) in [6.45, 7) is 4.29. The maximum absolute atomic E-state index is 13.4. The molecule has 0 saturated carbocycles. The predicted octanol–water partition coefficient (Wildman–Crippen LogP) is 5.45. The number of hydrogen-bond acceptors (Lipinski definition) is 4. The third-order valence-corrected chi connectivity index (χ3v) is 5.92. The van der Waals surface area contributed by atoms with Crippen LogP contribution >= 0.6 is 0 Å². The van der Waals surface area contributed by atoms with Gasteiger partial charge in [0.15, 0.2) is 0 Å². The predicted molar refractivity (Wildman–Crippen MR) is 141 cm³/mol. The van der Waals surface area contributed by atoms with Crippen molar-refractivity contribution < 1.29 is 14.3 Å². The zero-order chi connectivity index (χ0) is 25.5. The van der Waals surface area contributed by atoms with Crippen molar-refractivity contribution in [1.82, 2.24) is 15.1 Å². The van der Waals surface area contributed by atoms with Gasteiger partial charge in [-0.15, -0.1) is 0 Å². The van der Waals surface area contributed by atoms with Crippen LogP contribution in [0, 0.1) is 0 Å². The van der Waals surface area contributed by atoms with Crippen molar-refractivity contribution in [2.45, 2.75) is 32.9 Å². The van der Waals surface area contributed by atoms with E-state index in [0.29, 0.717) is 24.2 Å². The van der Waals surface area contributed by atoms with Crippen LogP contribution in [0.15, 0.2) is 85.1 Å². The average molecular weight is 483 g/mol. The van der Waals surface area contributed by atoms with Gasteiger partial charge < -0.3 is 15.4 Å². The molecule has 7 nitrogen and oxygen atoms in total. The Hall–Kier alpha value is -4.39. The molecule has 0 spiro atoms. The first kappa shape index (κ1) is 24.7. The number of rotatable bonds is 9. The molecule has 3 aromatic carbocycles. The summed E-state index contributed by atoms with van der Waals surface area (Å²) in [6.07, 6.45) is 2.21. The van der Waals surface area contributed by atoms with Gasteiger partial charge in [-0.3, -0.25) is 14.3 Å². The Kier molecular flexibility index (Phi) is 7.80. The molecule has 0 bridgehead atoms. The lowest BCUT2D eigenvalue weighted by atomic mass is 10.1. The van der Waals surface area contributed by atoms with Crippen molar-refractivity contribution in [3.05, 3.63) is 102 Å². The minimum Gasteiger partial charge on any atom is -0.497 e. The van der Waals surface area contributed by atoms with Gasteiger partial charge in [0.2, 0.25) is 5.91 Å². The number of benzene rings is 3. The highest BCUT2D eigenvalue weighted by Crippen LogP contribution is 2.26. The summed E-state index contributed by atoms with van der Waals surface area (Å²) < 4.78 is 7.07. The second-order valence-electron chi connectivity index (χ2n) is 8.52. The van der Waals surface area contributed by atoms with E-state index in [1.165, 1.54) is 0 Å². The Morgan fingerprint density at radius 1 is 0.972 bits per heavy atom. The highest BCUT2D eigenvalue weighted by Gasteiger charge is 2.20. The molecule has 0 aliphatic rings. The van der Waals surface area contributed by atoms with E-state index in [2.05, 4.69) is 10.6 Å². The standard InChI is InChI=1S/C29H30N4O3/c1-4-27(34)31-24-14-10-22(11-15-24)20(2)30-29(35)26-19-33(18-21-8-6-5-7-9-21)32-28(26)23-12-16-25(36-3)17-13-23/h5-17,19-20H,4,18H2,1-3H3,(H,30,35)(H,31,34). The topological polar surface area (TPSA) is 85.3 Å². The van der Waals surface area contributed by atoms with Gasteiger partial charge in [0.1, 0.15) is 11.4 Å². The molecule has 2 N–H and O–H groups in total. The van der Waals surface area contributed by atoms with Crippen molar-refractivity contribution >= 4 is 17.5 Å². The van der Waals surface area contributed by atoms with Crippen molar-refractivity contribution in [2.75, 3.05) is 12.4 Å². The van der Waals surface area contributed by atoms with Crippen LogP contribution in [0.5, 0.6) is 5.75 Å². The van der Waals surface area contributed by atoms with E-state index < -0.39 is 0 Å². The molecule has 4 rings (SSSR count). The molecule has 0 saturated heterocycles. The minimum atomic E-state index is -0.241. The molecule has 2 amide bonds. The molecule has 0 radical (unpaired) electrons. The van der Waals surface area contributed by atoms with Gasteiger partial charge in [-0.1, -0.05) is 49.4 Å². The van der Waals surface area contributed by atoms with Crippen LogP contribution in [-0.2, 0) is 11.3 Å². The molecule has 1 atom stereocenters. The Bertz CT molecular complexity index is 1310. The van der Waals surface area contributed by atoms with Crippen LogP contribution in [0.2, 0.25) is 0 Å². The molecule has 0 fully saturated rings. The molecule has 1 heterocycles. The monoisotopic (exact) mass is 482 g/mol. The summed E-state index contributed by atoms with van der Waals surface area (Å²) in [5.74, 6) is 0.485. The lowest BCUT2D eigenvalue weighted by Gasteiger charge is -2.15. The Labute approximate surface area is 211 Å². The number of anilines is 1. The van der Waals surface area contributed by atoms with Crippen molar-refractivity contribution in [3.63, 3.8) is 0 Å². The highest BCUT2D eigenvalue weighted by atomic mass is 16.5. The molecule has 184 valence electrons. The zero-order valence-corrected chi connectivity index (χ0v) is 20.7. The number of nitrogens with zero attached hydrogens (tertiary/aromatic N) is 2. The third-order valence-electron chi connectivity index (χ3n) is 5.92. The first-order valence-electron chi connectivity index (χ1n) is 11.9. The van der Waals surface area contributed by atoms with Gasteiger partial charge in [-0.05, 0) is 54.4 Å². The largest absolute Gasteiger partial charge is 0.497 e. The number of hydrogen-bond donors (Lipinski definition) is 2. The van der Waals surface area contributed by atoms with E-state index in [1.807, 2.05) is 92.7 Å². The number of amides is 2. The first-order valence-corrected chi connectivity index (χ1v) is 11.9. The summed E-state index contributed by atoms with van der Waals surface area (Å²) in [7, 11) is 1.62. The van der Waals surface area contributed by atoms with Crippen LogP contribution in [0.25, 0.3) is 11.3 Å². The molecule has 0 aliphatic heterocycles. The normalized spacial score (nSPS) is 11.5. The number of carbonyl (C=O) groups is 2. The Morgan fingerprint density at radius 2 is 1.67 bits per heavy atom. The van der Waals surface area contributed by atoms with Gasteiger partial charge in [0.05, 0.1) is 25.3 Å². The zero-order valence-electron chi connectivity index (χ0n) is 20.7. The van der Waals surface area contributed by atoms with Crippen molar-refractivity contribution in [2.24, 2.45) is 0 Å². The fraction of sp³-hybridized carbons (Fsp3) is 0.207. The van der Waals surface area contributed by atoms with Crippen molar-refractivity contribution in [3.8, 4) is 17.0 Å². The number of nitrogens with one attached hydrogen (secondary N) is 2. The fourth-order valence-corrected chi connectivity index (χ4v) is 3.86. The maximum atomic E-state index is 13.4. The van der Waals surface area contributed by atoms with Crippen LogP contribution in [0.1, 0.15) is 47.8 Å². The maximum Gasteiger partial charge on any atom is 0.255 e. The van der Waals surface area contributed by atoms with E-state index in [0.717, 1.165) is 28.1 Å². The summed E-state index contributed by atoms with van der Waals surface area (Å²) >= 11 is 0. The summed E-state index contributed by atoms with van der Waals surface area (Å²) in [5, 5.41) is 10.7. The van der Waals surface area contributed by atoms with Crippen LogP contribution in [0.4, 0.5) is 5.69 Å². The number of ether oxygens (including phenoxy) is 1. The molecule has 1 aromatic heterocycles. The van der Waals surface area contributed by atoms with Gasteiger partial charge in [0.25, 0.3) is 5.91 Å². The number of carbonyl (C=O) groups excluding carboxylic acids is 2. The van der Waals surface area contributed by atoms with Gasteiger partial charge >= 0.3 is 0 Å². The lowest BCUT2D eigenvalue weighted by molar-refractivity contribution is -0.115. The molecule has 1 unspecified atom stereocenters. The van der Waals surface area contributed by atoms with Crippen molar-refractivity contribution in [1.29, 1.82) is 0 Å². The Balaban J connectivity index is 1.57. The number of methoxy groups -OCH3 is 1. The summed E-state index contributed by atoms with van der Waals surface area (Å²) in [5.41, 5.74) is 4.69. The van der Waals surface area contributed by atoms with E-state index in [9.17, 15) is 9.59 Å². The Morgan fingerprint density at radius 3 is 2.31 bits per heavy atom.